The van der Waals surface area contributed by atoms with Crippen molar-refractivity contribution in [1.82, 2.24) is 10.2 Å². The van der Waals surface area contributed by atoms with Crippen LogP contribution in [0.1, 0.15) is 51.0 Å². The van der Waals surface area contributed by atoms with Crippen LogP contribution in [0.15, 0.2) is 42.1 Å². The summed E-state index contributed by atoms with van der Waals surface area (Å²) in [5, 5.41) is 12.8. The molecule has 0 heterocycles. The van der Waals surface area contributed by atoms with E-state index < -0.39 is 0 Å². The molecule has 0 saturated heterocycles. The van der Waals surface area contributed by atoms with Crippen LogP contribution < -0.4 is 5.32 Å². The highest BCUT2D eigenvalue weighted by Crippen LogP contribution is 2.61. The summed E-state index contributed by atoms with van der Waals surface area (Å²) in [5.74, 6) is 2.33. The van der Waals surface area contributed by atoms with E-state index in [-0.39, 0.29) is 22.9 Å². The second kappa shape index (κ2) is 7.62. The first-order chi connectivity index (χ1) is 13.5. The Balaban J connectivity index is 1.41. The Kier molecular flexibility index (Phi) is 5.19. The normalized spacial score (nSPS) is 31.9. The van der Waals surface area contributed by atoms with Gasteiger partial charge in [0, 0.05) is 25.8 Å². The van der Waals surface area contributed by atoms with Crippen molar-refractivity contribution in [2.24, 2.45) is 23.2 Å². The molecule has 4 heteroatoms. The van der Waals surface area contributed by atoms with Gasteiger partial charge in [0.1, 0.15) is 11.6 Å². The highest BCUT2D eigenvalue weighted by molar-refractivity contribution is 5.97. The average molecular weight is 378 g/mol. The van der Waals surface area contributed by atoms with Crippen LogP contribution in [-0.4, -0.2) is 23.9 Å². The van der Waals surface area contributed by atoms with Gasteiger partial charge in [-0.2, -0.15) is 5.26 Å². The van der Waals surface area contributed by atoms with Gasteiger partial charge in [0.2, 0.25) is 0 Å². The smallest absolute Gasteiger partial charge is 0.263 e. The highest BCUT2D eigenvalue weighted by Gasteiger charge is 2.53. The zero-order valence-electron chi connectivity index (χ0n) is 17.0. The molecule has 1 aromatic carbocycles. The monoisotopic (exact) mass is 377 g/mol. The fourth-order valence-electron chi connectivity index (χ4n) is 6.41. The molecule has 148 valence electrons. The number of hydrogen-bond donors (Lipinski definition) is 1. The molecular formula is C24H31N3O. The zero-order valence-corrected chi connectivity index (χ0v) is 17.0. The number of nitrogens with zero attached hydrogens (tertiary/aromatic N) is 2. The molecule has 1 aromatic rings. The van der Waals surface area contributed by atoms with E-state index in [9.17, 15) is 10.1 Å². The minimum Gasteiger partial charge on any atom is -0.375 e. The van der Waals surface area contributed by atoms with Gasteiger partial charge in [0.25, 0.3) is 5.91 Å². The van der Waals surface area contributed by atoms with Crippen LogP contribution in [0.25, 0.3) is 0 Å². The number of amides is 1. The van der Waals surface area contributed by atoms with Crippen LogP contribution in [0, 0.1) is 34.5 Å². The van der Waals surface area contributed by atoms with Gasteiger partial charge in [0.05, 0.1) is 0 Å². The summed E-state index contributed by atoms with van der Waals surface area (Å²) in [4.78, 5) is 14.7. The number of carbonyl (C=O) groups is 1. The molecule has 1 N–H and O–H groups in total. The van der Waals surface area contributed by atoms with Crippen LogP contribution >= 0.6 is 0 Å². The van der Waals surface area contributed by atoms with Crippen molar-refractivity contribution in [2.45, 2.75) is 58.0 Å². The first kappa shape index (κ1) is 19.1. The molecule has 4 fully saturated rings. The predicted octanol–water partition coefficient (Wildman–Crippen LogP) is 4.25. The summed E-state index contributed by atoms with van der Waals surface area (Å²) in [7, 11) is 1.90. The minimum atomic E-state index is -0.231. The lowest BCUT2D eigenvalue weighted by Gasteiger charge is -2.59. The zero-order chi connectivity index (χ0) is 19.7. The second-order valence-electron chi connectivity index (χ2n) is 9.53. The third kappa shape index (κ3) is 3.81. The van der Waals surface area contributed by atoms with Crippen molar-refractivity contribution in [2.75, 3.05) is 7.05 Å². The van der Waals surface area contributed by atoms with Crippen molar-refractivity contribution in [3.63, 3.8) is 0 Å². The van der Waals surface area contributed by atoms with Crippen molar-refractivity contribution < 1.29 is 4.79 Å². The lowest BCUT2D eigenvalue weighted by atomic mass is 9.48. The van der Waals surface area contributed by atoms with Crippen LogP contribution in [0.4, 0.5) is 0 Å². The largest absolute Gasteiger partial charge is 0.375 e. The fraction of sp³-hybridized carbons (Fsp3) is 0.583. The van der Waals surface area contributed by atoms with Gasteiger partial charge >= 0.3 is 0 Å². The maximum atomic E-state index is 12.8. The van der Waals surface area contributed by atoms with Crippen LogP contribution in [0.5, 0.6) is 0 Å². The maximum absolute atomic E-state index is 12.8. The first-order valence-corrected chi connectivity index (χ1v) is 10.6. The van der Waals surface area contributed by atoms with E-state index >= 15 is 0 Å². The van der Waals surface area contributed by atoms with Gasteiger partial charge in [-0.25, -0.2) is 0 Å². The summed E-state index contributed by atoms with van der Waals surface area (Å²) in [6.07, 6.45) is 9.61. The number of nitriles is 1. The van der Waals surface area contributed by atoms with E-state index in [2.05, 4.69) is 18.3 Å². The van der Waals surface area contributed by atoms with Crippen molar-refractivity contribution in [3.8, 4) is 6.07 Å². The standard InChI is InChI=1S/C24H31N3O/c1-17(24-11-19-8-20(12-24)10-21(9-19)13-24)26-23(28)22(14-25)16-27(2)15-18-6-4-3-5-7-18/h3-7,16-17,19-21H,8-13,15H2,1-2H3,(H,26,28)/b22-16-. The quantitative estimate of drug-likeness (QED) is 0.596. The van der Waals surface area contributed by atoms with Crippen molar-refractivity contribution >= 4 is 5.91 Å². The van der Waals surface area contributed by atoms with Gasteiger partial charge < -0.3 is 10.2 Å². The molecule has 4 bridgehead atoms. The summed E-state index contributed by atoms with van der Waals surface area (Å²) >= 11 is 0. The minimum absolute atomic E-state index is 0.129. The lowest BCUT2D eigenvalue weighted by Crippen LogP contribution is -2.56. The number of hydrogen-bond acceptors (Lipinski definition) is 3. The Morgan fingerprint density at radius 3 is 2.32 bits per heavy atom. The lowest BCUT2D eigenvalue weighted by molar-refractivity contribution is -0.122. The fourth-order valence-corrected chi connectivity index (χ4v) is 6.41. The van der Waals surface area contributed by atoms with E-state index in [0.29, 0.717) is 6.54 Å². The van der Waals surface area contributed by atoms with Crippen molar-refractivity contribution in [3.05, 3.63) is 47.7 Å². The van der Waals surface area contributed by atoms with Crippen LogP contribution in [0.2, 0.25) is 0 Å². The Labute approximate surface area is 168 Å². The van der Waals surface area contributed by atoms with Crippen LogP contribution in [0.3, 0.4) is 0 Å². The Morgan fingerprint density at radius 1 is 1.21 bits per heavy atom. The number of nitrogens with one attached hydrogen (secondary N) is 1. The Bertz CT molecular complexity index is 757. The molecule has 5 rings (SSSR count). The van der Waals surface area contributed by atoms with E-state index in [1.54, 1.807) is 6.20 Å². The van der Waals surface area contributed by atoms with Crippen molar-refractivity contribution in [1.29, 1.82) is 5.26 Å². The molecule has 4 aliphatic rings. The van der Waals surface area contributed by atoms with E-state index in [1.165, 1.54) is 38.5 Å². The Hall–Kier alpha value is -2.28. The molecule has 4 aliphatic carbocycles. The molecule has 28 heavy (non-hydrogen) atoms. The molecule has 4 saturated carbocycles. The molecule has 4 nitrogen and oxygen atoms in total. The molecule has 0 radical (unpaired) electrons. The van der Waals surface area contributed by atoms with Gasteiger partial charge in [-0.15, -0.1) is 0 Å². The van der Waals surface area contributed by atoms with Gasteiger partial charge in [-0.05, 0) is 74.2 Å². The van der Waals surface area contributed by atoms with E-state index in [0.717, 1.165) is 23.3 Å². The summed E-state index contributed by atoms with van der Waals surface area (Å²) < 4.78 is 0. The predicted molar refractivity (Wildman–Crippen MR) is 110 cm³/mol. The Morgan fingerprint density at radius 2 is 1.79 bits per heavy atom. The molecule has 1 unspecified atom stereocenters. The van der Waals surface area contributed by atoms with E-state index in [4.69, 9.17) is 0 Å². The molecular weight excluding hydrogens is 346 g/mol. The molecule has 0 aromatic heterocycles. The highest BCUT2D eigenvalue weighted by atomic mass is 16.1. The average Bonchev–Trinajstić information content (AvgIpc) is 2.65. The summed E-state index contributed by atoms with van der Waals surface area (Å²) in [5.41, 5.74) is 1.59. The third-order valence-electron chi connectivity index (χ3n) is 7.34. The third-order valence-corrected chi connectivity index (χ3v) is 7.34. The number of carbonyl (C=O) groups excluding carboxylic acids is 1. The summed E-state index contributed by atoms with van der Waals surface area (Å²) in [6.45, 7) is 2.83. The van der Waals surface area contributed by atoms with Crippen LogP contribution in [-0.2, 0) is 11.3 Å². The topological polar surface area (TPSA) is 56.1 Å². The van der Waals surface area contributed by atoms with Gasteiger partial charge in [0.15, 0.2) is 0 Å². The molecule has 0 aliphatic heterocycles. The number of benzene rings is 1. The first-order valence-electron chi connectivity index (χ1n) is 10.6. The maximum Gasteiger partial charge on any atom is 0.263 e. The molecule has 1 amide bonds. The van der Waals surface area contributed by atoms with Gasteiger partial charge in [-0.1, -0.05) is 30.3 Å². The molecule has 0 spiro atoms. The number of rotatable bonds is 6. The summed E-state index contributed by atoms with van der Waals surface area (Å²) in [6, 6.07) is 12.3. The second-order valence-corrected chi connectivity index (χ2v) is 9.53. The van der Waals surface area contributed by atoms with Gasteiger partial charge in [-0.3, -0.25) is 4.79 Å². The molecule has 1 atom stereocenters. The van der Waals surface area contributed by atoms with E-state index in [1.807, 2.05) is 42.3 Å². The SMILES string of the molecule is CC(NC(=O)/C(C#N)=C\N(C)Cc1ccccc1)C12CC3CC(CC(C3)C1)C2.